The summed E-state index contributed by atoms with van der Waals surface area (Å²) in [6.45, 7) is 0. The van der Waals surface area contributed by atoms with Gasteiger partial charge in [-0.15, -0.1) is 5.23 Å². The summed E-state index contributed by atoms with van der Waals surface area (Å²) >= 11 is 0. The minimum Gasteiger partial charge on any atom is -0.619 e. The lowest BCUT2D eigenvalue weighted by atomic mass is 10.4. The van der Waals surface area contributed by atoms with Crippen LogP contribution in [0.4, 0.5) is 5.69 Å². The summed E-state index contributed by atoms with van der Waals surface area (Å²) in [7, 11) is 0. The van der Waals surface area contributed by atoms with Crippen molar-refractivity contribution < 1.29 is 15.1 Å². The van der Waals surface area contributed by atoms with E-state index in [0.29, 0.717) is 4.73 Å². The van der Waals surface area contributed by atoms with Crippen LogP contribution in [0.1, 0.15) is 0 Å². The van der Waals surface area contributed by atoms with Crippen molar-refractivity contribution in [3.63, 3.8) is 0 Å². The summed E-state index contributed by atoms with van der Waals surface area (Å²) in [6.07, 6.45) is 2.32. The molecule has 0 radical (unpaired) electrons. The third kappa shape index (κ3) is 1.34. The topological polar surface area (TPSA) is 70.6 Å². The molecule has 0 atom stereocenters. The smallest absolute Gasteiger partial charge is 0.182 e. The van der Waals surface area contributed by atoms with Gasteiger partial charge in [0.25, 0.3) is 0 Å². The molecule has 1 heterocycles. The molecule has 0 bridgehead atoms. The number of aromatic nitrogens is 1. The first-order valence-corrected chi connectivity index (χ1v) is 2.57. The van der Waals surface area contributed by atoms with E-state index >= 15 is 0 Å². The van der Waals surface area contributed by atoms with Gasteiger partial charge in [0.15, 0.2) is 12.4 Å². The molecule has 0 saturated heterocycles. The lowest BCUT2D eigenvalue weighted by Gasteiger charge is -2.05. The van der Waals surface area contributed by atoms with Crippen LogP contribution >= 0.6 is 0 Å². The van der Waals surface area contributed by atoms with Crippen molar-refractivity contribution in [1.82, 2.24) is 0 Å². The molecule has 1 aromatic heterocycles. The van der Waals surface area contributed by atoms with Crippen molar-refractivity contribution in [3.8, 4) is 0 Å². The fourth-order valence-corrected chi connectivity index (χ4v) is 0.538. The first-order valence-electron chi connectivity index (χ1n) is 2.57. The average molecular weight is 142 g/mol. The summed E-state index contributed by atoms with van der Waals surface area (Å²) in [5, 5.41) is 27.1. The first-order chi connectivity index (χ1) is 4.70. The predicted molar refractivity (Wildman–Crippen MR) is 31.5 cm³/mol. The van der Waals surface area contributed by atoms with Gasteiger partial charge in [-0.25, -0.2) is 0 Å². The van der Waals surface area contributed by atoms with Gasteiger partial charge in [0.05, 0.1) is 0 Å². The molecular weight excluding hydrogens is 136 g/mol. The fraction of sp³-hybridized carbons (Fsp3) is 0. The van der Waals surface area contributed by atoms with Crippen molar-refractivity contribution in [2.45, 2.75) is 0 Å². The van der Waals surface area contributed by atoms with Crippen LogP contribution in [0, 0.1) is 5.21 Å². The molecule has 54 valence electrons. The van der Waals surface area contributed by atoms with Gasteiger partial charge in [-0.1, -0.05) is 0 Å². The molecular formula is C5H6N2O3. The van der Waals surface area contributed by atoms with E-state index < -0.39 is 0 Å². The summed E-state index contributed by atoms with van der Waals surface area (Å²) in [5.41, 5.74) is 0.145. The van der Waals surface area contributed by atoms with Gasteiger partial charge in [0.2, 0.25) is 0 Å². The van der Waals surface area contributed by atoms with Crippen molar-refractivity contribution in [2.75, 3.05) is 5.23 Å². The highest BCUT2D eigenvalue weighted by molar-refractivity contribution is 5.36. The molecule has 0 aromatic carbocycles. The zero-order valence-corrected chi connectivity index (χ0v) is 5.01. The molecule has 0 saturated carbocycles. The molecule has 1 rings (SSSR count). The fourth-order valence-electron chi connectivity index (χ4n) is 0.538. The third-order valence-corrected chi connectivity index (χ3v) is 1.02. The summed E-state index contributed by atoms with van der Waals surface area (Å²) in [6, 6.07) is 2.54. The van der Waals surface area contributed by atoms with Crippen molar-refractivity contribution in [2.24, 2.45) is 0 Å². The molecule has 5 nitrogen and oxygen atoms in total. The van der Waals surface area contributed by atoms with E-state index in [1.165, 1.54) is 12.1 Å². The Bertz CT molecular complexity index is 209. The minimum atomic E-state index is -0.0556. The van der Waals surface area contributed by atoms with Gasteiger partial charge < -0.3 is 5.21 Å². The van der Waals surface area contributed by atoms with E-state index in [-0.39, 0.29) is 10.9 Å². The highest BCUT2D eigenvalue weighted by Gasteiger charge is 1.97. The summed E-state index contributed by atoms with van der Waals surface area (Å²) in [4.78, 5) is 0. The predicted octanol–water partition coefficient (Wildman–Crippen LogP) is -0.0952. The van der Waals surface area contributed by atoms with Gasteiger partial charge in [0.1, 0.15) is 5.69 Å². The quantitative estimate of drug-likeness (QED) is 0.326. The maximum absolute atomic E-state index is 10.4. The Morgan fingerprint density at radius 3 is 2.20 bits per heavy atom. The Morgan fingerprint density at radius 2 is 1.80 bits per heavy atom. The molecule has 0 aliphatic carbocycles. The second-order valence-corrected chi connectivity index (χ2v) is 1.71. The molecule has 0 aliphatic heterocycles. The van der Waals surface area contributed by atoms with Gasteiger partial charge >= 0.3 is 0 Å². The van der Waals surface area contributed by atoms with Gasteiger partial charge in [-0.3, -0.25) is 10.4 Å². The van der Waals surface area contributed by atoms with Crippen LogP contribution in [0.15, 0.2) is 24.5 Å². The standard InChI is InChI=1S/C5H6N2O3/c8-6-3-1-5(2-4-6)7(9)10/h1-4,9-10H. The Morgan fingerprint density at radius 1 is 1.30 bits per heavy atom. The number of rotatable bonds is 1. The zero-order chi connectivity index (χ0) is 7.56. The van der Waals surface area contributed by atoms with E-state index in [1.54, 1.807) is 0 Å². The maximum atomic E-state index is 10.4. The molecule has 0 fully saturated rings. The molecule has 1 aromatic rings. The molecule has 5 heteroatoms. The van der Waals surface area contributed by atoms with Gasteiger partial charge in [0, 0.05) is 12.1 Å². The van der Waals surface area contributed by atoms with Crippen LogP contribution < -0.4 is 9.96 Å². The van der Waals surface area contributed by atoms with E-state index in [9.17, 15) is 5.21 Å². The minimum absolute atomic E-state index is 0.0556. The highest BCUT2D eigenvalue weighted by Crippen LogP contribution is 2.04. The largest absolute Gasteiger partial charge is 0.619 e. The van der Waals surface area contributed by atoms with E-state index in [1.807, 2.05) is 0 Å². The van der Waals surface area contributed by atoms with E-state index in [4.69, 9.17) is 10.4 Å². The molecule has 0 amide bonds. The van der Waals surface area contributed by atoms with Gasteiger partial charge in [-0.2, -0.15) is 4.73 Å². The average Bonchev–Trinajstić information content (AvgIpc) is 1.88. The molecule has 0 spiro atoms. The lowest BCUT2D eigenvalue weighted by molar-refractivity contribution is -0.605. The normalized spacial score (nSPS) is 9.40. The van der Waals surface area contributed by atoms with Crippen LogP contribution in [0.5, 0.6) is 0 Å². The van der Waals surface area contributed by atoms with Crippen molar-refractivity contribution in [3.05, 3.63) is 29.7 Å². The Kier molecular flexibility index (Phi) is 1.70. The molecule has 2 N–H and O–H groups in total. The number of hydrogen-bond acceptors (Lipinski definition) is 4. The highest BCUT2D eigenvalue weighted by atomic mass is 16.8. The third-order valence-electron chi connectivity index (χ3n) is 1.02. The van der Waals surface area contributed by atoms with Gasteiger partial charge in [-0.05, 0) is 0 Å². The molecule has 0 unspecified atom stereocenters. The summed E-state index contributed by atoms with van der Waals surface area (Å²) < 4.78 is 0.549. The van der Waals surface area contributed by atoms with E-state index in [2.05, 4.69) is 0 Å². The summed E-state index contributed by atoms with van der Waals surface area (Å²) in [5.74, 6) is 0. The Hall–Kier alpha value is -1.33. The number of hydrogen-bond donors (Lipinski definition) is 2. The number of anilines is 1. The Balaban J connectivity index is 2.89. The van der Waals surface area contributed by atoms with Crippen LogP contribution in [0.2, 0.25) is 0 Å². The monoisotopic (exact) mass is 142 g/mol. The molecule has 0 aliphatic rings. The van der Waals surface area contributed by atoms with E-state index in [0.717, 1.165) is 12.4 Å². The second-order valence-electron chi connectivity index (χ2n) is 1.71. The lowest BCUT2D eigenvalue weighted by Crippen LogP contribution is -2.24. The van der Waals surface area contributed by atoms with Crippen molar-refractivity contribution in [1.29, 1.82) is 0 Å². The van der Waals surface area contributed by atoms with Crippen molar-refractivity contribution >= 4 is 5.69 Å². The number of nitrogens with zero attached hydrogens (tertiary/aromatic N) is 2. The molecule has 10 heavy (non-hydrogen) atoms. The number of pyridine rings is 1. The second kappa shape index (κ2) is 2.51. The SMILES string of the molecule is [O-][n+]1ccc(N(O)O)cc1. The van der Waals surface area contributed by atoms with Crippen LogP contribution in [-0.4, -0.2) is 10.4 Å². The van der Waals surface area contributed by atoms with Crippen LogP contribution in [0.3, 0.4) is 0 Å². The van der Waals surface area contributed by atoms with Crippen LogP contribution in [0.25, 0.3) is 0 Å². The zero-order valence-electron chi connectivity index (χ0n) is 5.01. The first kappa shape index (κ1) is 6.79. The maximum Gasteiger partial charge on any atom is 0.182 e. The Labute approximate surface area is 56.9 Å². The van der Waals surface area contributed by atoms with Crippen LogP contribution in [-0.2, 0) is 0 Å².